The van der Waals surface area contributed by atoms with Gasteiger partial charge in [0.25, 0.3) is 5.91 Å². The van der Waals surface area contributed by atoms with Gasteiger partial charge in [0.15, 0.2) is 0 Å². The Kier molecular flexibility index (Phi) is 6.03. The fraction of sp³-hybridized carbons (Fsp3) is 0.278. The second kappa shape index (κ2) is 8.21. The zero-order chi connectivity index (χ0) is 17.5. The summed E-state index contributed by atoms with van der Waals surface area (Å²) in [6.07, 6.45) is 3.14. The Morgan fingerprint density at radius 2 is 1.88 bits per heavy atom. The van der Waals surface area contributed by atoms with Crippen LogP contribution in [0.15, 0.2) is 48.8 Å². The van der Waals surface area contributed by atoms with Gasteiger partial charge in [0.2, 0.25) is 5.91 Å². The number of carbonyl (C=O) groups excluding carboxylic acids is 2. The molecule has 2 rings (SSSR count). The molecule has 2 atom stereocenters. The molecule has 0 aliphatic carbocycles. The minimum absolute atomic E-state index is 0.0868. The second-order valence-electron chi connectivity index (χ2n) is 5.76. The van der Waals surface area contributed by atoms with Gasteiger partial charge in [-0.1, -0.05) is 19.1 Å². The second-order valence-corrected chi connectivity index (χ2v) is 5.76. The Hall–Kier alpha value is -2.73. The fourth-order valence-corrected chi connectivity index (χ4v) is 2.05. The van der Waals surface area contributed by atoms with Crippen molar-refractivity contribution in [3.05, 3.63) is 59.9 Å². The number of rotatable bonds is 6. The number of nitrogens with one attached hydrogen (secondary N) is 2. The summed E-state index contributed by atoms with van der Waals surface area (Å²) in [7, 11) is 0. The van der Waals surface area contributed by atoms with Gasteiger partial charge >= 0.3 is 0 Å². The van der Waals surface area contributed by atoms with Gasteiger partial charge in [0.05, 0.1) is 0 Å². The molecule has 1 aromatic heterocycles. The highest BCUT2D eigenvalue weighted by atomic mass is 16.2. The van der Waals surface area contributed by atoms with E-state index in [1.54, 1.807) is 44.4 Å². The van der Waals surface area contributed by atoms with Crippen LogP contribution in [0.25, 0.3) is 0 Å². The lowest BCUT2D eigenvalue weighted by molar-refractivity contribution is -0.125. The van der Waals surface area contributed by atoms with Crippen molar-refractivity contribution < 1.29 is 9.59 Å². The van der Waals surface area contributed by atoms with Crippen molar-refractivity contribution in [3.63, 3.8) is 0 Å². The summed E-state index contributed by atoms with van der Waals surface area (Å²) < 4.78 is 0. The van der Waals surface area contributed by atoms with Gasteiger partial charge in [0.1, 0.15) is 0 Å². The minimum Gasteiger partial charge on any atom is -0.352 e. The summed E-state index contributed by atoms with van der Waals surface area (Å²) in [4.78, 5) is 28.0. The molecule has 4 N–H and O–H groups in total. The number of benzene rings is 1. The normalized spacial score (nSPS) is 13.0. The number of anilines is 1. The summed E-state index contributed by atoms with van der Waals surface area (Å²) in [5, 5.41) is 5.68. The standard InChI is InChI=1S/C18H22N4O2/c1-12(13(2)19)17(23)21-11-14-4-3-5-16(10-14)22-18(24)15-6-8-20-9-7-15/h3-10,12-13H,11,19H2,1-2H3,(H,21,23)(H,22,24). The molecular formula is C18H22N4O2. The highest BCUT2D eigenvalue weighted by molar-refractivity contribution is 6.04. The fourth-order valence-electron chi connectivity index (χ4n) is 2.05. The molecule has 0 saturated carbocycles. The molecule has 0 radical (unpaired) electrons. The molecule has 126 valence electrons. The van der Waals surface area contributed by atoms with Crippen LogP contribution in [0.1, 0.15) is 29.8 Å². The maximum atomic E-state index is 12.1. The Labute approximate surface area is 141 Å². The molecule has 1 aromatic carbocycles. The van der Waals surface area contributed by atoms with Crippen molar-refractivity contribution in [2.45, 2.75) is 26.4 Å². The Balaban J connectivity index is 1.96. The molecule has 0 bridgehead atoms. The van der Waals surface area contributed by atoms with Crippen molar-refractivity contribution in [2.75, 3.05) is 5.32 Å². The quantitative estimate of drug-likeness (QED) is 0.755. The summed E-state index contributed by atoms with van der Waals surface area (Å²) >= 11 is 0. The maximum absolute atomic E-state index is 12.1. The highest BCUT2D eigenvalue weighted by Crippen LogP contribution is 2.12. The third-order valence-electron chi connectivity index (χ3n) is 3.80. The SMILES string of the molecule is CC(N)C(C)C(=O)NCc1cccc(NC(=O)c2ccncc2)c1. The molecule has 0 spiro atoms. The van der Waals surface area contributed by atoms with Crippen LogP contribution in [0.3, 0.4) is 0 Å². The predicted octanol–water partition coefficient (Wildman–Crippen LogP) is 1.93. The first kappa shape index (κ1) is 17.6. The number of hydrogen-bond acceptors (Lipinski definition) is 4. The van der Waals surface area contributed by atoms with E-state index in [1.165, 1.54) is 0 Å². The molecule has 0 aliphatic rings. The summed E-state index contributed by atoms with van der Waals surface area (Å²) in [6.45, 7) is 3.99. The molecule has 0 fully saturated rings. The van der Waals surface area contributed by atoms with E-state index in [9.17, 15) is 9.59 Å². The summed E-state index contributed by atoms with van der Waals surface area (Å²) in [5.41, 5.74) is 7.83. The maximum Gasteiger partial charge on any atom is 0.255 e. The molecule has 2 aromatic rings. The molecule has 6 heteroatoms. The van der Waals surface area contributed by atoms with E-state index < -0.39 is 0 Å². The lowest BCUT2D eigenvalue weighted by Crippen LogP contribution is -2.38. The first-order valence-electron chi connectivity index (χ1n) is 7.81. The number of pyridine rings is 1. The van der Waals surface area contributed by atoms with Gasteiger partial charge in [-0.05, 0) is 36.8 Å². The van der Waals surface area contributed by atoms with E-state index >= 15 is 0 Å². The third kappa shape index (κ3) is 4.89. The van der Waals surface area contributed by atoms with E-state index in [1.807, 2.05) is 18.2 Å². The van der Waals surface area contributed by atoms with Crippen molar-refractivity contribution >= 4 is 17.5 Å². The van der Waals surface area contributed by atoms with E-state index in [2.05, 4.69) is 15.6 Å². The van der Waals surface area contributed by atoms with E-state index in [0.717, 1.165) is 5.56 Å². The lowest BCUT2D eigenvalue weighted by Gasteiger charge is -2.15. The molecular weight excluding hydrogens is 304 g/mol. The number of hydrogen-bond donors (Lipinski definition) is 3. The van der Waals surface area contributed by atoms with E-state index in [-0.39, 0.29) is 23.8 Å². The van der Waals surface area contributed by atoms with Crippen LogP contribution in [0, 0.1) is 5.92 Å². The molecule has 2 unspecified atom stereocenters. The van der Waals surface area contributed by atoms with Crippen molar-refractivity contribution in [1.29, 1.82) is 0 Å². The molecule has 0 saturated heterocycles. The van der Waals surface area contributed by atoms with Crippen LogP contribution in [-0.4, -0.2) is 22.8 Å². The Morgan fingerprint density at radius 1 is 1.17 bits per heavy atom. The average Bonchev–Trinajstić information content (AvgIpc) is 2.60. The topological polar surface area (TPSA) is 97.1 Å². The van der Waals surface area contributed by atoms with Crippen molar-refractivity contribution in [3.8, 4) is 0 Å². The van der Waals surface area contributed by atoms with E-state index in [4.69, 9.17) is 5.73 Å². The zero-order valence-corrected chi connectivity index (χ0v) is 13.8. The van der Waals surface area contributed by atoms with Crippen LogP contribution in [0.5, 0.6) is 0 Å². The molecule has 0 aliphatic heterocycles. The van der Waals surface area contributed by atoms with Gasteiger partial charge in [0, 0.05) is 42.1 Å². The number of nitrogens with two attached hydrogens (primary N) is 1. The molecule has 2 amide bonds. The summed E-state index contributed by atoms with van der Waals surface area (Å²) in [5.74, 6) is -0.542. The van der Waals surface area contributed by atoms with Gasteiger partial charge in [-0.15, -0.1) is 0 Å². The highest BCUT2D eigenvalue weighted by Gasteiger charge is 2.16. The molecule has 24 heavy (non-hydrogen) atoms. The predicted molar refractivity (Wildman–Crippen MR) is 93.3 cm³/mol. The summed E-state index contributed by atoms with van der Waals surface area (Å²) in [6, 6.07) is 10.4. The molecule has 1 heterocycles. The first-order chi connectivity index (χ1) is 11.5. The van der Waals surface area contributed by atoms with Gasteiger partial charge < -0.3 is 16.4 Å². The number of carbonyl (C=O) groups is 2. The van der Waals surface area contributed by atoms with Crippen LogP contribution >= 0.6 is 0 Å². The smallest absolute Gasteiger partial charge is 0.255 e. The number of amides is 2. The van der Waals surface area contributed by atoms with Gasteiger partial charge in [-0.3, -0.25) is 14.6 Å². The number of aromatic nitrogens is 1. The van der Waals surface area contributed by atoms with Crippen molar-refractivity contribution in [2.24, 2.45) is 11.7 Å². The zero-order valence-electron chi connectivity index (χ0n) is 13.8. The minimum atomic E-state index is -0.250. The van der Waals surface area contributed by atoms with Crippen LogP contribution in [-0.2, 0) is 11.3 Å². The van der Waals surface area contributed by atoms with Crippen LogP contribution in [0.4, 0.5) is 5.69 Å². The average molecular weight is 326 g/mol. The number of nitrogens with zero attached hydrogens (tertiary/aromatic N) is 1. The third-order valence-corrected chi connectivity index (χ3v) is 3.80. The van der Waals surface area contributed by atoms with Gasteiger partial charge in [-0.25, -0.2) is 0 Å². The van der Waals surface area contributed by atoms with Gasteiger partial charge in [-0.2, -0.15) is 0 Å². The lowest BCUT2D eigenvalue weighted by atomic mass is 10.0. The van der Waals surface area contributed by atoms with E-state index in [0.29, 0.717) is 17.8 Å². The Morgan fingerprint density at radius 3 is 2.54 bits per heavy atom. The first-order valence-corrected chi connectivity index (χ1v) is 7.81. The van der Waals surface area contributed by atoms with Crippen molar-refractivity contribution in [1.82, 2.24) is 10.3 Å². The van der Waals surface area contributed by atoms with Crippen LogP contribution < -0.4 is 16.4 Å². The Bertz CT molecular complexity index is 701. The largest absolute Gasteiger partial charge is 0.352 e. The monoisotopic (exact) mass is 326 g/mol. The van der Waals surface area contributed by atoms with Crippen LogP contribution in [0.2, 0.25) is 0 Å². The molecule has 6 nitrogen and oxygen atoms in total.